The van der Waals surface area contributed by atoms with Gasteiger partial charge >= 0.3 is 5.97 Å². The molecule has 2 heterocycles. The predicted octanol–water partition coefficient (Wildman–Crippen LogP) is 6.78. The summed E-state index contributed by atoms with van der Waals surface area (Å²) in [5, 5.41) is 0. The maximum Gasteiger partial charge on any atom is 0.338 e. The highest BCUT2D eigenvalue weighted by Gasteiger charge is 2.34. The van der Waals surface area contributed by atoms with Gasteiger partial charge in [-0.1, -0.05) is 29.5 Å². The first kappa shape index (κ1) is 35.9. The van der Waals surface area contributed by atoms with E-state index in [0.29, 0.717) is 56.8 Å². The van der Waals surface area contributed by atoms with Crippen LogP contribution >= 0.6 is 56.5 Å². The van der Waals surface area contributed by atoms with Gasteiger partial charge in [0.2, 0.25) is 0 Å². The summed E-state index contributed by atoms with van der Waals surface area (Å²) < 4.78 is 33.3. The van der Waals surface area contributed by atoms with Crippen molar-refractivity contribution >= 4 is 68.6 Å². The van der Waals surface area contributed by atoms with Gasteiger partial charge in [0.15, 0.2) is 27.8 Å². The number of fused-ring (bicyclic) bond motifs is 1. The number of carbonyl (C=O) groups excluding carboxylic acids is 1. The van der Waals surface area contributed by atoms with Crippen LogP contribution in [0.1, 0.15) is 57.4 Å². The maximum atomic E-state index is 14.2. The second kappa shape index (κ2) is 15.9. The van der Waals surface area contributed by atoms with Crippen LogP contribution in [0, 0.1) is 7.14 Å². The van der Waals surface area contributed by atoms with Crippen molar-refractivity contribution in [2.45, 2.75) is 53.4 Å². The van der Waals surface area contributed by atoms with E-state index in [2.05, 4.69) is 45.2 Å². The third kappa shape index (κ3) is 7.91. The van der Waals surface area contributed by atoms with Gasteiger partial charge in [-0.05, 0) is 139 Å². The summed E-state index contributed by atoms with van der Waals surface area (Å²) in [6.45, 7) is 10.3. The van der Waals surface area contributed by atoms with Gasteiger partial charge in [-0.3, -0.25) is 9.36 Å². The molecule has 9 nitrogen and oxygen atoms in total. The third-order valence-electron chi connectivity index (χ3n) is 7.31. The molecule has 12 heteroatoms. The number of nitrogens with zero attached hydrogens (tertiary/aromatic N) is 2. The number of aromatic nitrogens is 1. The Labute approximate surface area is 310 Å². The average Bonchev–Trinajstić information content (AvgIpc) is 3.34. The van der Waals surface area contributed by atoms with E-state index in [1.165, 1.54) is 11.3 Å². The summed E-state index contributed by atoms with van der Waals surface area (Å²) in [6.07, 6.45) is 1.75. The van der Waals surface area contributed by atoms with Gasteiger partial charge in [-0.15, -0.1) is 0 Å². The van der Waals surface area contributed by atoms with Gasteiger partial charge < -0.3 is 23.7 Å². The SMILES string of the molecule is CCOC(=O)C1=C(C)N=c2s/c(=C\c3cc(I)c(OCc4ccc(I)cc4)c(OCC)c3)c(=O)n2[C@H]1c1ccc(OC(C)C)c(OC)c1. The van der Waals surface area contributed by atoms with Crippen molar-refractivity contribution in [3.8, 4) is 23.0 Å². The lowest BCUT2D eigenvalue weighted by atomic mass is 9.95. The van der Waals surface area contributed by atoms with Gasteiger partial charge in [-0.2, -0.15) is 0 Å². The number of thiazole rings is 1. The fraction of sp³-hybridized carbons (Fsp3) is 0.306. The number of benzene rings is 3. The summed E-state index contributed by atoms with van der Waals surface area (Å²) in [5.41, 5.74) is 2.96. The molecule has 252 valence electrons. The fourth-order valence-corrected chi connectivity index (χ4v) is 7.46. The number of methoxy groups -OCH3 is 1. The number of carbonyl (C=O) groups is 1. The normalized spacial score (nSPS) is 14.4. The Morgan fingerprint density at radius 3 is 2.42 bits per heavy atom. The summed E-state index contributed by atoms with van der Waals surface area (Å²) in [5.74, 6) is 1.75. The molecule has 0 aliphatic carbocycles. The van der Waals surface area contributed by atoms with Crippen LogP contribution in [0.2, 0.25) is 0 Å². The highest BCUT2D eigenvalue weighted by atomic mass is 127. The van der Waals surface area contributed by atoms with E-state index in [4.69, 9.17) is 28.7 Å². The van der Waals surface area contributed by atoms with Crippen LogP contribution in [0.3, 0.4) is 0 Å². The minimum atomic E-state index is -0.791. The minimum absolute atomic E-state index is 0.0699. The number of halogens is 2. The Hall–Kier alpha value is -3.37. The molecular formula is C36H36I2N2O7S. The molecule has 0 spiro atoms. The predicted molar refractivity (Wildman–Crippen MR) is 203 cm³/mol. The van der Waals surface area contributed by atoms with E-state index in [-0.39, 0.29) is 23.8 Å². The number of allylic oxidation sites excluding steroid dienone is 1. The van der Waals surface area contributed by atoms with Crippen molar-refractivity contribution in [1.82, 2.24) is 4.57 Å². The van der Waals surface area contributed by atoms with Crippen molar-refractivity contribution in [1.29, 1.82) is 0 Å². The van der Waals surface area contributed by atoms with E-state index in [1.54, 1.807) is 37.7 Å². The molecule has 1 aliphatic heterocycles. The number of rotatable bonds is 12. The summed E-state index contributed by atoms with van der Waals surface area (Å²) >= 11 is 5.76. The standard InChI is InChI=1S/C36H36I2N2O7S/c1-7-44-29-16-23(15-26(38)33(29)46-19-22-9-12-25(37)13-10-22)17-30-34(41)40-32(24-11-14-27(47-20(3)4)28(18-24)43-6)31(35(42)45-8-2)21(5)39-36(40)48-30/h9-18,20,32H,7-8,19H2,1-6H3/b30-17-/t32-/m0/s1. The minimum Gasteiger partial charge on any atom is -0.493 e. The average molecular weight is 895 g/mol. The summed E-state index contributed by atoms with van der Waals surface area (Å²) in [4.78, 5) is 32.8. The van der Waals surface area contributed by atoms with Crippen molar-refractivity contribution in [2.75, 3.05) is 20.3 Å². The lowest BCUT2D eigenvalue weighted by Crippen LogP contribution is -2.40. The van der Waals surface area contributed by atoms with Crippen LogP contribution in [0.15, 0.2) is 75.7 Å². The molecule has 0 bridgehead atoms. The molecule has 5 rings (SSSR count). The summed E-state index contributed by atoms with van der Waals surface area (Å²) in [6, 6.07) is 16.6. The van der Waals surface area contributed by atoms with Gasteiger partial charge in [0.25, 0.3) is 5.56 Å². The van der Waals surface area contributed by atoms with Crippen LogP contribution < -0.4 is 33.8 Å². The Balaban J connectivity index is 1.60. The lowest BCUT2D eigenvalue weighted by molar-refractivity contribution is -0.139. The molecule has 0 unspecified atom stereocenters. The van der Waals surface area contributed by atoms with E-state index in [1.807, 2.05) is 69.3 Å². The van der Waals surface area contributed by atoms with Gasteiger partial charge in [0, 0.05) is 3.57 Å². The maximum absolute atomic E-state index is 14.2. The Morgan fingerprint density at radius 1 is 1.00 bits per heavy atom. The topological polar surface area (TPSA) is 97.6 Å². The van der Waals surface area contributed by atoms with E-state index in [0.717, 1.165) is 18.3 Å². The molecule has 0 radical (unpaired) electrons. The van der Waals surface area contributed by atoms with Crippen molar-refractivity contribution in [2.24, 2.45) is 4.99 Å². The molecule has 1 atom stereocenters. The molecule has 0 amide bonds. The summed E-state index contributed by atoms with van der Waals surface area (Å²) in [7, 11) is 1.56. The van der Waals surface area contributed by atoms with Crippen molar-refractivity contribution in [3.05, 3.63) is 109 Å². The molecule has 3 aromatic carbocycles. The smallest absolute Gasteiger partial charge is 0.338 e. The van der Waals surface area contributed by atoms with E-state index in [9.17, 15) is 9.59 Å². The molecule has 4 aromatic rings. The van der Waals surface area contributed by atoms with Crippen molar-refractivity contribution in [3.63, 3.8) is 0 Å². The van der Waals surface area contributed by atoms with Gasteiger partial charge in [0.1, 0.15) is 6.61 Å². The largest absolute Gasteiger partial charge is 0.493 e. The first-order chi connectivity index (χ1) is 23.0. The van der Waals surface area contributed by atoms with E-state index >= 15 is 0 Å². The highest BCUT2D eigenvalue weighted by molar-refractivity contribution is 14.1. The highest BCUT2D eigenvalue weighted by Crippen LogP contribution is 2.37. The van der Waals surface area contributed by atoms with Crippen LogP contribution in [0.4, 0.5) is 0 Å². The number of hydrogen-bond acceptors (Lipinski definition) is 9. The number of hydrogen-bond donors (Lipinski definition) is 0. The number of esters is 1. The third-order valence-corrected chi connectivity index (χ3v) is 9.81. The van der Waals surface area contributed by atoms with Crippen LogP contribution in [-0.2, 0) is 16.1 Å². The quantitative estimate of drug-likeness (QED) is 0.114. The molecule has 1 aliphatic rings. The Morgan fingerprint density at radius 2 is 1.75 bits per heavy atom. The lowest BCUT2D eigenvalue weighted by Gasteiger charge is -2.25. The van der Waals surface area contributed by atoms with Gasteiger partial charge in [0.05, 0.1) is 51.8 Å². The van der Waals surface area contributed by atoms with Gasteiger partial charge in [-0.25, -0.2) is 9.79 Å². The fourth-order valence-electron chi connectivity index (χ4n) is 5.27. The monoisotopic (exact) mass is 894 g/mol. The molecule has 1 aromatic heterocycles. The zero-order valence-electron chi connectivity index (χ0n) is 27.5. The molecule has 0 saturated carbocycles. The first-order valence-corrected chi connectivity index (χ1v) is 18.4. The van der Waals surface area contributed by atoms with Crippen LogP contribution in [0.25, 0.3) is 6.08 Å². The van der Waals surface area contributed by atoms with E-state index < -0.39 is 12.0 Å². The molecule has 0 saturated heterocycles. The zero-order chi connectivity index (χ0) is 34.5. The van der Waals surface area contributed by atoms with Crippen LogP contribution in [-0.4, -0.2) is 37.0 Å². The molecular weight excluding hydrogens is 858 g/mol. The zero-order valence-corrected chi connectivity index (χ0v) is 32.6. The Kier molecular flexibility index (Phi) is 11.9. The molecule has 0 N–H and O–H groups in total. The first-order valence-electron chi connectivity index (χ1n) is 15.4. The van der Waals surface area contributed by atoms with Crippen LogP contribution in [0.5, 0.6) is 23.0 Å². The molecule has 0 fully saturated rings. The Bertz CT molecular complexity index is 2030. The van der Waals surface area contributed by atoms with Crippen molar-refractivity contribution < 1.29 is 28.5 Å². The number of ether oxygens (including phenoxy) is 5. The second-order valence-corrected chi connectivity index (χ2v) is 14.5. The second-order valence-electron chi connectivity index (χ2n) is 11.1. The molecule has 48 heavy (non-hydrogen) atoms.